The summed E-state index contributed by atoms with van der Waals surface area (Å²) in [6.45, 7) is 0. The third-order valence-corrected chi connectivity index (χ3v) is 3.34. The summed E-state index contributed by atoms with van der Waals surface area (Å²) >= 11 is 3.44. The van der Waals surface area contributed by atoms with Crippen LogP contribution in [0.5, 0.6) is 0 Å². The van der Waals surface area contributed by atoms with E-state index in [1.54, 1.807) is 12.4 Å². The smallest absolute Gasteiger partial charge is 0.134 e. The van der Waals surface area contributed by atoms with E-state index in [1.165, 1.54) is 0 Å². The van der Waals surface area contributed by atoms with Gasteiger partial charge in [0.05, 0.1) is 6.04 Å². The zero-order chi connectivity index (χ0) is 12.5. The van der Waals surface area contributed by atoms with Crippen LogP contribution in [-0.2, 0) is 0 Å². The summed E-state index contributed by atoms with van der Waals surface area (Å²) in [6.07, 6.45) is 3.49. The molecule has 0 radical (unpaired) electrons. The molecule has 3 rings (SSSR count). The zero-order valence-corrected chi connectivity index (χ0v) is 11.1. The van der Waals surface area contributed by atoms with Crippen LogP contribution in [0.1, 0.15) is 17.4 Å². The number of hydrogen-bond acceptors (Lipinski definition) is 3. The molecule has 4 heteroatoms. The van der Waals surface area contributed by atoms with Crippen molar-refractivity contribution in [2.75, 3.05) is 0 Å². The van der Waals surface area contributed by atoms with Crippen LogP contribution in [0.15, 0.2) is 57.7 Å². The summed E-state index contributed by atoms with van der Waals surface area (Å²) in [5, 5.41) is 1.04. The SMILES string of the molecule is NC(c1cccnc1)c1cc2cc(Br)ccc2o1. The molecule has 1 unspecified atom stereocenters. The highest BCUT2D eigenvalue weighted by Crippen LogP contribution is 2.28. The fraction of sp³-hybridized carbons (Fsp3) is 0.0714. The van der Waals surface area contributed by atoms with Crippen LogP contribution in [0, 0.1) is 0 Å². The second-order valence-corrected chi connectivity index (χ2v) is 5.01. The van der Waals surface area contributed by atoms with Gasteiger partial charge < -0.3 is 10.2 Å². The Balaban J connectivity index is 2.04. The number of nitrogens with zero attached hydrogens (tertiary/aromatic N) is 1. The van der Waals surface area contributed by atoms with Gasteiger partial charge >= 0.3 is 0 Å². The van der Waals surface area contributed by atoms with E-state index < -0.39 is 0 Å². The standard InChI is InChI=1S/C14H11BrN2O/c15-11-3-4-12-10(6-11)7-13(18-12)14(16)9-2-1-5-17-8-9/h1-8,14H,16H2. The van der Waals surface area contributed by atoms with Gasteiger partial charge in [-0.05, 0) is 35.9 Å². The van der Waals surface area contributed by atoms with Gasteiger partial charge in [-0.15, -0.1) is 0 Å². The molecule has 0 fully saturated rings. The van der Waals surface area contributed by atoms with Gasteiger partial charge in [-0.1, -0.05) is 22.0 Å². The predicted octanol–water partition coefficient (Wildman–Crippen LogP) is 3.64. The van der Waals surface area contributed by atoms with Crippen LogP contribution >= 0.6 is 15.9 Å². The second-order valence-electron chi connectivity index (χ2n) is 4.09. The van der Waals surface area contributed by atoms with Gasteiger partial charge in [0, 0.05) is 22.3 Å². The highest BCUT2D eigenvalue weighted by atomic mass is 79.9. The Labute approximate surface area is 113 Å². The van der Waals surface area contributed by atoms with Crippen molar-refractivity contribution in [2.45, 2.75) is 6.04 Å². The van der Waals surface area contributed by atoms with Gasteiger partial charge in [-0.25, -0.2) is 0 Å². The van der Waals surface area contributed by atoms with Crippen LogP contribution in [0.4, 0.5) is 0 Å². The first-order valence-corrected chi connectivity index (χ1v) is 6.38. The lowest BCUT2D eigenvalue weighted by atomic mass is 10.1. The van der Waals surface area contributed by atoms with E-state index in [-0.39, 0.29) is 6.04 Å². The van der Waals surface area contributed by atoms with Gasteiger partial charge in [-0.3, -0.25) is 4.98 Å². The maximum absolute atomic E-state index is 6.17. The molecule has 0 spiro atoms. The highest BCUT2D eigenvalue weighted by Gasteiger charge is 2.14. The molecule has 0 aliphatic carbocycles. The summed E-state index contributed by atoms with van der Waals surface area (Å²) in [4.78, 5) is 4.07. The fourth-order valence-corrected chi connectivity index (χ4v) is 2.29. The van der Waals surface area contributed by atoms with E-state index in [0.29, 0.717) is 0 Å². The van der Waals surface area contributed by atoms with E-state index in [1.807, 2.05) is 36.4 Å². The minimum atomic E-state index is -0.287. The Bertz CT molecular complexity index is 679. The maximum atomic E-state index is 6.17. The molecule has 2 N–H and O–H groups in total. The highest BCUT2D eigenvalue weighted by molar-refractivity contribution is 9.10. The summed E-state index contributed by atoms with van der Waals surface area (Å²) in [5.74, 6) is 0.746. The minimum Gasteiger partial charge on any atom is -0.459 e. The van der Waals surface area contributed by atoms with Crippen molar-refractivity contribution in [1.82, 2.24) is 4.98 Å². The molecule has 90 valence electrons. The summed E-state index contributed by atoms with van der Waals surface area (Å²) < 4.78 is 6.79. The molecule has 0 saturated heterocycles. The number of halogens is 1. The van der Waals surface area contributed by atoms with Crippen molar-refractivity contribution in [3.8, 4) is 0 Å². The second kappa shape index (κ2) is 4.55. The molecule has 0 aliphatic heterocycles. The quantitative estimate of drug-likeness (QED) is 0.786. The normalized spacial score (nSPS) is 12.8. The lowest BCUT2D eigenvalue weighted by Crippen LogP contribution is -2.10. The van der Waals surface area contributed by atoms with E-state index in [0.717, 1.165) is 26.8 Å². The van der Waals surface area contributed by atoms with E-state index >= 15 is 0 Å². The lowest BCUT2D eigenvalue weighted by Gasteiger charge is -2.07. The monoisotopic (exact) mass is 302 g/mol. The number of hydrogen-bond donors (Lipinski definition) is 1. The molecule has 0 aliphatic rings. The molecule has 3 nitrogen and oxygen atoms in total. The molecule has 18 heavy (non-hydrogen) atoms. The van der Waals surface area contributed by atoms with Crippen LogP contribution in [0.2, 0.25) is 0 Å². The van der Waals surface area contributed by atoms with E-state index in [2.05, 4.69) is 20.9 Å². The van der Waals surface area contributed by atoms with Crippen molar-refractivity contribution < 1.29 is 4.42 Å². The lowest BCUT2D eigenvalue weighted by molar-refractivity contribution is 0.524. The Morgan fingerprint density at radius 1 is 1.22 bits per heavy atom. The summed E-state index contributed by atoms with van der Waals surface area (Å²) in [5.41, 5.74) is 7.95. The molecule has 0 saturated carbocycles. The molecule has 0 bridgehead atoms. The van der Waals surface area contributed by atoms with Crippen molar-refractivity contribution in [2.24, 2.45) is 5.73 Å². The molecular weight excluding hydrogens is 292 g/mol. The number of pyridine rings is 1. The Hall–Kier alpha value is -1.65. The summed E-state index contributed by atoms with van der Waals surface area (Å²) in [7, 11) is 0. The maximum Gasteiger partial charge on any atom is 0.134 e. The van der Waals surface area contributed by atoms with Crippen molar-refractivity contribution in [1.29, 1.82) is 0 Å². The number of nitrogens with two attached hydrogens (primary N) is 1. The fourth-order valence-electron chi connectivity index (χ4n) is 1.91. The average molecular weight is 303 g/mol. The first-order chi connectivity index (χ1) is 8.74. The largest absolute Gasteiger partial charge is 0.459 e. The number of benzene rings is 1. The third kappa shape index (κ3) is 2.05. The van der Waals surface area contributed by atoms with Crippen molar-refractivity contribution >= 4 is 26.9 Å². The van der Waals surface area contributed by atoms with Gasteiger partial charge in [0.25, 0.3) is 0 Å². The number of aromatic nitrogens is 1. The first kappa shape index (κ1) is 11.4. The van der Waals surface area contributed by atoms with Gasteiger partial charge in [0.15, 0.2) is 0 Å². The minimum absolute atomic E-state index is 0.287. The third-order valence-electron chi connectivity index (χ3n) is 2.85. The van der Waals surface area contributed by atoms with Crippen LogP contribution in [0.3, 0.4) is 0 Å². The molecular formula is C14H11BrN2O. The Kier molecular flexibility index (Phi) is 2.89. The van der Waals surface area contributed by atoms with Gasteiger partial charge in [-0.2, -0.15) is 0 Å². The molecule has 0 amide bonds. The average Bonchev–Trinajstić information content (AvgIpc) is 2.81. The van der Waals surface area contributed by atoms with Crippen LogP contribution < -0.4 is 5.73 Å². The number of rotatable bonds is 2. The number of fused-ring (bicyclic) bond motifs is 1. The Morgan fingerprint density at radius 3 is 2.89 bits per heavy atom. The topological polar surface area (TPSA) is 52.0 Å². The molecule has 1 aromatic carbocycles. The molecule has 3 aromatic rings. The van der Waals surface area contributed by atoms with Crippen molar-refractivity contribution in [3.63, 3.8) is 0 Å². The molecule has 1 atom stereocenters. The van der Waals surface area contributed by atoms with Crippen molar-refractivity contribution in [3.05, 3.63) is 64.6 Å². The van der Waals surface area contributed by atoms with E-state index in [4.69, 9.17) is 10.2 Å². The zero-order valence-electron chi connectivity index (χ0n) is 9.51. The van der Waals surface area contributed by atoms with Crippen LogP contribution in [-0.4, -0.2) is 4.98 Å². The van der Waals surface area contributed by atoms with Gasteiger partial charge in [0.1, 0.15) is 11.3 Å². The Morgan fingerprint density at radius 2 is 2.11 bits per heavy atom. The molecule has 2 aromatic heterocycles. The number of furan rings is 1. The molecule has 2 heterocycles. The van der Waals surface area contributed by atoms with Crippen LogP contribution in [0.25, 0.3) is 11.0 Å². The first-order valence-electron chi connectivity index (χ1n) is 5.58. The van der Waals surface area contributed by atoms with Gasteiger partial charge in [0.2, 0.25) is 0 Å². The van der Waals surface area contributed by atoms with E-state index in [9.17, 15) is 0 Å². The summed E-state index contributed by atoms with van der Waals surface area (Å²) in [6, 6.07) is 11.4. The predicted molar refractivity (Wildman–Crippen MR) is 74.2 cm³/mol.